The van der Waals surface area contributed by atoms with Crippen molar-refractivity contribution in [2.45, 2.75) is 0 Å². The van der Waals surface area contributed by atoms with Crippen LogP contribution in [0.4, 0.5) is 0 Å². The molecule has 0 atom stereocenters. The third-order valence-corrected chi connectivity index (χ3v) is 6.81. The molecule has 2 heterocycles. The van der Waals surface area contributed by atoms with E-state index in [2.05, 4.69) is 53.1 Å². The van der Waals surface area contributed by atoms with Gasteiger partial charge in [-0.1, -0.05) is 78.9 Å². The fourth-order valence-electron chi connectivity index (χ4n) is 5.22. The SMILES string of the molecule is OB(O)c1cc(-n2c3ccccc3c3ccc(-c4ccccc4)cc32)cc2c1oc1ccccc12. The Kier molecular flexibility index (Phi) is 4.36. The molecule has 0 fully saturated rings. The molecule has 5 heteroatoms. The molecule has 0 spiro atoms. The molecule has 7 aromatic rings. The fourth-order valence-corrected chi connectivity index (χ4v) is 5.22. The molecule has 0 unspecified atom stereocenters. The van der Waals surface area contributed by atoms with Gasteiger partial charge >= 0.3 is 7.12 Å². The molecule has 2 N–H and O–H groups in total. The van der Waals surface area contributed by atoms with Crippen LogP contribution in [0.1, 0.15) is 0 Å². The first-order valence-corrected chi connectivity index (χ1v) is 11.6. The number of hydrogen-bond donors (Lipinski definition) is 2. The molecule has 0 saturated heterocycles. The van der Waals surface area contributed by atoms with Gasteiger partial charge in [0.2, 0.25) is 0 Å². The Morgan fingerprint density at radius 2 is 1.29 bits per heavy atom. The van der Waals surface area contributed by atoms with E-state index in [0.29, 0.717) is 11.0 Å². The Morgan fingerprint density at radius 1 is 0.571 bits per heavy atom. The van der Waals surface area contributed by atoms with E-state index in [4.69, 9.17) is 4.42 Å². The molecule has 166 valence electrons. The molecule has 35 heavy (non-hydrogen) atoms. The number of furan rings is 1. The minimum Gasteiger partial charge on any atom is -0.456 e. The lowest BCUT2D eigenvalue weighted by Crippen LogP contribution is -2.30. The fraction of sp³-hybridized carbons (Fsp3) is 0. The number of fused-ring (bicyclic) bond motifs is 6. The van der Waals surface area contributed by atoms with Crippen molar-refractivity contribution in [3.63, 3.8) is 0 Å². The molecule has 0 bridgehead atoms. The van der Waals surface area contributed by atoms with Gasteiger partial charge in [0.05, 0.1) is 11.0 Å². The van der Waals surface area contributed by atoms with Crippen molar-refractivity contribution in [1.29, 1.82) is 0 Å². The van der Waals surface area contributed by atoms with Crippen LogP contribution in [-0.4, -0.2) is 21.7 Å². The van der Waals surface area contributed by atoms with Gasteiger partial charge < -0.3 is 19.0 Å². The first-order chi connectivity index (χ1) is 17.2. The van der Waals surface area contributed by atoms with E-state index in [1.54, 1.807) is 0 Å². The average molecular weight is 453 g/mol. The van der Waals surface area contributed by atoms with E-state index >= 15 is 0 Å². The molecule has 0 aliphatic rings. The van der Waals surface area contributed by atoms with Gasteiger partial charge in [-0.15, -0.1) is 0 Å². The van der Waals surface area contributed by atoms with Crippen LogP contribution in [0, 0.1) is 0 Å². The van der Waals surface area contributed by atoms with Gasteiger partial charge in [-0.25, -0.2) is 0 Å². The quantitative estimate of drug-likeness (QED) is 0.321. The summed E-state index contributed by atoms with van der Waals surface area (Å²) in [4.78, 5) is 0. The number of aromatic nitrogens is 1. The predicted molar refractivity (Wildman–Crippen MR) is 143 cm³/mol. The zero-order valence-corrected chi connectivity index (χ0v) is 18.7. The van der Waals surface area contributed by atoms with Crippen LogP contribution in [0.2, 0.25) is 0 Å². The largest absolute Gasteiger partial charge is 0.492 e. The van der Waals surface area contributed by atoms with Gasteiger partial charge in [0.1, 0.15) is 11.2 Å². The van der Waals surface area contributed by atoms with Crippen LogP contribution in [0.5, 0.6) is 0 Å². The number of nitrogens with zero attached hydrogens (tertiary/aromatic N) is 1. The maximum Gasteiger partial charge on any atom is 0.492 e. The summed E-state index contributed by atoms with van der Waals surface area (Å²) in [5.41, 5.74) is 6.79. The number of hydrogen-bond acceptors (Lipinski definition) is 3. The molecule has 7 rings (SSSR count). The van der Waals surface area contributed by atoms with Crippen LogP contribution in [0.3, 0.4) is 0 Å². The highest BCUT2D eigenvalue weighted by atomic mass is 16.4. The molecule has 2 aromatic heterocycles. The first-order valence-electron chi connectivity index (χ1n) is 11.6. The monoisotopic (exact) mass is 453 g/mol. The first kappa shape index (κ1) is 20.1. The van der Waals surface area contributed by atoms with Gasteiger partial charge in [-0.3, -0.25) is 0 Å². The van der Waals surface area contributed by atoms with E-state index < -0.39 is 7.12 Å². The van der Waals surface area contributed by atoms with Crippen LogP contribution in [0.15, 0.2) is 114 Å². The van der Waals surface area contributed by atoms with Gasteiger partial charge in [-0.2, -0.15) is 0 Å². The van der Waals surface area contributed by atoms with E-state index in [1.165, 1.54) is 0 Å². The van der Waals surface area contributed by atoms with Crippen LogP contribution < -0.4 is 5.46 Å². The third kappa shape index (κ3) is 3.03. The zero-order chi connectivity index (χ0) is 23.5. The Hall–Kier alpha value is -4.32. The Labute approximate surface area is 201 Å². The predicted octanol–water partition coefficient (Wildman–Crippen LogP) is 6.03. The summed E-state index contributed by atoms with van der Waals surface area (Å²) >= 11 is 0. The second-order valence-electron chi connectivity index (χ2n) is 8.83. The molecule has 0 saturated carbocycles. The standard InChI is InChI=1S/C30H20BNO3/c33-31(34)26-18-21(17-25-24-11-5-7-13-29(24)35-30(25)26)32-27-12-6-4-10-22(27)23-15-14-20(16-28(23)32)19-8-2-1-3-9-19/h1-18,33-34H. The summed E-state index contributed by atoms with van der Waals surface area (Å²) in [6.07, 6.45) is 0. The van der Waals surface area contributed by atoms with Crippen molar-refractivity contribution in [3.8, 4) is 16.8 Å². The normalized spacial score (nSPS) is 11.7. The Balaban J connectivity index is 1.60. The molecule has 0 amide bonds. The molecular formula is C30H20BNO3. The smallest absolute Gasteiger partial charge is 0.456 e. The van der Waals surface area contributed by atoms with Crippen molar-refractivity contribution in [1.82, 2.24) is 4.57 Å². The lowest BCUT2D eigenvalue weighted by Gasteiger charge is -2.12. The summed E-state index contributed by atoms with van der Waals surface area (Å²) in [6, 6.07) is 36.8. The van der Waals surface area contributed by atoms with Crippen LogP contribution >= 0.6 is 0 Å². The van der Waals surface area contributed by atoms with Crippen molar-refractivity contribution in [2.24, 2.45) is 0 Å². The lowest BCUT2D eigenvalue weighted by molar-refractivity contribution is 0.425. The average Bonchev–Trinajstić information content (AvgIpc) is 3.44. The highest BCUT2D eigenvalue weighted by Gasteiger charge is 2.23. The molecule has 0 aliphatic heterocycles. The molecular weight excluding hydrogens is 433 g/mol. The van der Waals surface area contributed by atoms with Gasteiger partial charge in [0, 0.05) is 32.7 Å². The van der Waals surface area contributed by atoms with E-state index in [9.17, 15) is 10.0 Å². The van der Waals surface area contributed by atoms with Crippen molar-refractivity contribution < 1.29 is 14.5 Å². The highest BCUT2D eigenvalue weighted by molar-refractivity contribution is 6.62. The summed E-state index contributed by atoms with van der Waals surface area (Å²) in [5.74, 6) is 0. The number of para-hydroxylation sites is 2. The highest BCUT2D eigenvalue weighted by Crippen LogP contribution is 2.36. The minimum absolute atomic E-state index is 0.346. The second-order valence-corrected chi connectivity index (χ2v) is 8.83. The van der Waals surface area contributed by atoms with Gasteiger partial charge in [0.15, 0.2) is 0 Å². The lowest BCUT2D eigenvalue weighted by atomic mass is 9.79. The summed E-state index contributed by atoms with van der Waals surface area (Å²) in [7, 11) is -1.66. The summed E-state index contributed by atoms with van der Waals surface area (Å²) < 4.78 is 8.24. The maximum atomic E-state index is 10.3. The minimum atomic E-state index is -1.66. The van der Waals surface area contributed by atoms with Crippen molar-refractivity contribution >= 4 is 56.3 Å². The second kappa shape index (κ2) is 7.60. The van der Waals surface area contributed by atoms with Crippen molar-refractivity contribution in [2.75, 3.05) is 0 Å². The maximum absolute atomic E-state index is 10.3. The topological polar surface area (TPSA) is 58.5 Å². The molecule has 0 radical (unpaired) electrons. The Bertz CT molecular complexity index is 1880. The van der Waals surface area contributed by atoms with Gasteiger partial charge in [-0.05, 0) is 41.5 Å². The van der Waals surface area contributed by atoms with E-state index in [0.717, 1.165) is 55.0 Å². The number of benzene rings is 5. The molecule has 5 aromatic carbocycles. The zero-order valence-electron chi connectivity index (χ0n) is 18.7. The summed E-state index contributed by atoms with van der Waals surface area (Å²) in [6.45, 7) is 0. The van der Waals surface area contributed by atoms with Crippen LogP contribution in [-0.2, 0) is 0 Å². The Morgan fingerprint density at radius 3 is 2.11 bits per heavy atom. The van der Waals surface area contributed by atoms with E-state index in [-0.39, 0.29) is 0 Å². The van der Waals surface area contributed by atoms with Crippen molar-refractivity contribution in [3.05, 3.63) is 109 Å². The van der Waals surface area contributed by atoms with Gasteiger partial charge in [0.25, 0.3) is 0 Å². The molecule has 0 aliphatic carbocycles. The third-order valence-electron chi connectivity index (χ3n) is 6.81. The number of rotatable bonds is 3. The van der Waals surface area contributed by atoms with Crippen LogP contribution in [0.25, 0.3) is 60.6 Å². The molecule has 4 nitrogen and oxygen atoms in total. The summed E-state index contributed by atoms with van der Waals surface area (Å²) in [5, 5.41) is 24.6. The van der Waals surface area contributed by atoms with E-state index in [1.807, 2.05) is 60.7 Å².